The summed E-state index contributed by atoms with van der Waals surface area (Å²) in [7, 11) is 1.42. The number of fused-ring (bicyclic) bond motifs is 1. The Morgan fingerprint density at radius 3 is 2.76 bits per heavy atom. The molecule has 1 aromatic heterocycles. The molecule has 0 saturated carbocycles. The summed E-state index contributed by atoms with van der Waals surface area (Å²) in [4.78, 5) is 23.3. The first-order valence-electron chi connectivity index (χ1n) is 6.92. The molecule has 0 aliphatic rings. The van der Waals surface area contributed by atoms with Gasteiger partial charge in [0.25, 0.3) is 11.6 Å². The summed E-state index contributed by atoms with van der Waals surface area (Å²) in [5.41, 5.74) is 0.0545. The molecule has 0 aliphatic heterocycles. The maximum Gasteiger partial charge on any atom is 0.271 e. The Morgan fingerprint density at radius 1 is 1.32 bits per heavy atom. The maximum absolute atomic E-state index is 12.6. The van der Waals surface area contributed by atoms with Crippen LogP contribution in [0.15, 0.2) is 40.9 Å². The number of nitrogens with zero attached hydrogens (tertiary/aromatic N) is 1. The van der Waals surface area contributed by atoms with Gasteiger partial charge < -0.3 is 10.1 Å². The third-order valence-electron chi connectivity index (χ3n) is 3.44. The summed E-state index contributed by atoms with van der Waals surface area (Å²) < 4.78 is 6.89. The van der Waals surface area contributed by atoms with E-state index in [0.717, 1.165) is 14.6 Å². The third-order valence-corrected chi connectivity index (χ3v) is 5.59. The van der Waals surface area contributed by atoms with Gasteiger partial charge in [0.2, 0.25) is 0 Å². The van der Waals surface area contributed by atoms with E-state index in [2.05, 4.69) is 21.2 Å². The lowest BCUT2D eigenvalue weighted by Crippen LogP contribution is -2.11. The van der Waals surface area contributed by atoms with Gasteiger partial charge in [-0.3, -0.25) is 14.9 Å². The van der Waals surface area contributed by atoms with Crippen LogP contribution in [-0.2, 0) is 0 Å². The zero-order valence-electron chi connectivity index (χ0n) is 12.7. The van der Waals surface area contributed by atoms with Gasteiger partial charge in [0.05, 0.1) is 22.7 Å². The van der Waals surface area contributed by atoms with Crippen molar-refractivity contribution in [1.29, 1.82) is 0 Å². The van der Waals surface area contributed by atoms with Crippen LogP contribution in [0.25, 0.3) is 10.1 Å². The summed E-state index contributed by atoms with van der Waals surface area (Å²) in [6.07, 6.45) is 0. The number of hydrogen-bond acceptors (Lipinski definition) is 5. The van der Waals surface area contributed by atoms with Crippen molar-refractivity contribution >= 4 is 66.2 Å². The summed E-state index contributed by atoms with van der Waals surface area (Å²) in [5, 5.41) is 14.7. The minimum absolute atomic E-state index is 0.150. The highest BCUT2D eigenvalue weighted by Crippen LogP contribution is 2.38. The van der Waals surface area contributed by atoms with Crippen LogP contribution < -0.4 is 10.1 Å². The number of carbonyl (C=O) groups excluding carboxylic acids is 1. The van der Waals surface area contributed by atoms with Crippen molar-refractivity contribution in [2.24, 2.45) is 0 Å². The molecule has 1 amide bonds. The Labute approximate surface area is 159 Å². The lowest BCUT2D eigenvalue weighted by molar-refractivity contribution is -0.384. The van der Waals surface area contributed by atoms with Crippen LogP contribution in [0.2, 0.25) is 5.02 Å². The molecule has 0 saturated heterocycles. The Morgan fingerprint density at radius 2 is 2.08 bits per heavy atom. The van der Waals surface area contributed by atoms with Gasteiger partial charge in [-0.1, -0.05) is 33.6 Å². The number of anilines is 1. The van der Waals surface area contributed by atoms with Crippen molar-refractivity contribution in [3.05, 3.63) is 60.9 Å². The van der Waals surface area contributed by atoms with Crippen molar-refractivity contribution in [3.63, 3.8) is 0 Å². The molecule has 0 fully saturated rings. The van der Waals surface area contributed by atoms with Crippen LogP contribution in [0, 0.1) is 10.1 Å². The normalized spacial score (nSPS) is 10.7. The Hall–Kier alpha value is -2.16. The standard InChI is InChI=1S/C16H10BrClN2O4S/c1-24-12-5-3-9(20(22)23)7-11(12)19-16(21)15-14(18)10-4-2-8(17)6-13(10)25-15/h2-7H,1H3,(H,19,21). The minimum Gasteiger partial charge on any atom is -0.495 e. The largest absolute Gasteiger partial charge is 0.495 e. The molecule has 128 valence electrons. The van der Waals surface area contributed by atoms with Crippen molar-refractivity contribution in [2.75, 3.05) is 12.4 Å². The van der Waals surface area contributed by atoms with Gasteiger partial charge >= 0.3 is 0 Å². The van der Waals surface area contributed by atoms with E-state index in [1.807, 2.05) is 18.2 Å². The second kappa shape index (κ2) is 6.99. The van der Waals surface area contributed by atoms with Gasteiger partial charge in [0.15, 0.2) is 0 Å². The van der Waals surface area contributed by atoms with E-state index in [4.69, 9.17) is 16.3 Å². The van der Waals surface area contributed by atoms with Crippen molar-refractivity contribution in [3.8, 4) is 5.75 Å². The number of nitro benzene ring substituents is 1. The molecule has 9 heteroatoms. The third kappa shape index (κ3) is 3.46. The minimum atomic E-state index is -0.543. The molecule has 1 N–H and O–H groups in total. The predicted octanol–water partition coefficient (Wildman–Crippen LogP) is 5.49. The number of carbonyl (C=O) groups is 1. The summed E-state index contributed by atoms with van der Waals surface area (Å²) in [6.45, 7) is 0. The molecule has 0 atom stereocenters. The van der Waals surface area contributed by atoms with Crippen LogP contribution in [-0.4, -0.2) is 17.9 Å². The number of rotatable bonds is 4. The quantitative estimate of drug-likeness (QED) is 0.429. The Kier molecular flexibility index (Phi) is 4.94. The number of nitrogens with one attached hydrogen (secondary N) is 1. The number of non-ortho nitro benzene ring substituents is 1. The SMILES string of the molecule is COc1ccc([N+](=O)[O-])cc1NC(=O)c1sc2cc(Br)ccc2c1Cl. The monoisotopic (exact) mass is 440 g/mol. The Bertz CT molecular complexity index is 1010. The van der Waals surface area contributed by atoms with E-state index in [1.165, 1.54) is 36.6 Å². The molecule has 0 unspecified atom stereocenters. The number of thiophene rings is 1. The molecule has 0 spiro atoms. The van der Waals surface area contributed by atoms with E-state index < -0.39 is 10.8 Å². The molecule has 25 heavy (non-hydrogen) atoms. The fraction of sp³-hybridized carbons (Fsp3) is 0.0625. The van der Waals surface area contributed by atoms with Gasteiger partial charge in [0, 0.05) is 26.7 Å². The van der Waals surface area contributed by atoms with Crippen LogP contribution in [0.1, 0.15) is 9.67 Å². The van der Waals surface area contributed by atoms with Crippen molar-refractivity contribution in [2.45, 2.75) is 0 Å². The van der Waals surface area contributed by atoms with Crippen LogP contribution >= 0.6 is 38.9 Å². The van der Waals surface area contributed by atoms with Gasteiger partial charge in [-0.25, -0.2) is 0 Å². The first-order valence-corrected chi connectivity index (χ1v) is 8.90. The number of nitro groups is 1. The second-order valence-corrected chi connectivity index (χ2v) is 7.33. The molecule has 3 aromatic rings. The predicted molar refractivity (Wildman–Crippen MR) is 102 cm³/mol. The molecule has 0 aliphatic carbocycles. The summed E-state index contributed by atoms with van der Waals surface area (Å²) in [5.74, 6) is -0.139. The molecule has 3 rings (SSSR count). The van der Waals surface area contributed by atoms with Gasteiger partial charge in [-0.05, 0) is 18.2 Å². The van der Waals surface area contributed by atoms with E-state index >= 15 is 0 Å². The van der Waals surface area contributed by atoms with Crippen molar-refractivity contribution in [1.82, 2.24) is 0 Å². The highest BCUT2D eigenvalue weighted by Gasteiger charge is 2.20. The highest BCUT2D eigenvalue weighted by molar-refractivity contribution is 9.10. The van der Waals surface area contributed by atoms with Gasteiger partial charge in [0.1, 0.15) is 10.6 Å². The molecular weight excluding hydrogens is 432 g/mol. The second-order valence-electron chi connectivity index (χ2n) is 4.98. The molecule has 2 aromatic carbocycles. The number of halogens is 2. The maximum atomic E-state index is 12.6. The average Bonchev–Trinajstić information content (AvgIpc) is 2.90. The van der Waals surface area contributed by atoms with Crippen LogP contribution in [0.5, 0.6) is 5.75 Å². The van der Waals surface area contributed by atoms with Gasteiger partial charge in [-0.15, -0.1) is 11.3 Å². The lowest BCUT2D eigenvalue weighted by atomic mass is 10.2. The number of benzene rings is 2. The molecular formula is C16H10BrClN2O4S. The zero-order chi connectivity index (χ0) is 18.1. The average molecular weight is 442 g/mol. The fourth-order valence-electron chi connectivity index (χ4n) is 2.27. The molecule has 6 nitrogen and oxygen atoms in total. The van der Waals surface area contributed by atoms with E-state index in [1.54, 1.807) is 0 Å². The fourth-order valence-corrected chi connectivity index (χ4v) is 4.24. The first-order chi connectivity index (χ1) is 11.9. The molecule has 0 radical (unpaired) electrons. The number of hydrogen-bond donors (Lipinski definition) is 1. The summed E-state index contributed by atoms with van der Waals surface area (Å²) >= 11 is 10.9. The van der Waals surface area contributed by atoms with Crippen LogP contribution in [0.4, 0.5) is 11.4 Å². The smallest absolute Gasteiger partial charge is 0.271 e. The zero-order valence-corrected chi connectivity index (χ0v) is 15.9. The van der Waals surface area contributed by atoms with Gasteiger partial charge in [-0.2, -0.15) is 0 Å². The highest BCUT2D eigenvalue weighted by atomic mass is 79.9. The van der Waals surface area contributed by atoms with Crippen molar-refractivity contribution < 1.29 is 14.5 Å². The first kappa shape index (κ1) is 17.7. The topological polar surface area (TPSA) is 81.5 Å². The Balaban J connectivity index is 1.99. The van der Waals surface area contributed by atoms with E-state index in [-0.39, 0.29) is 11.4 Å². The molecule has 1 heterocycles. The van der Waals surface area contributed by atoms with Crippen LogP contribution in [0.3, 0.4) is 0 Å². The molecule has 0 bridgehead atoms. The number of methoxy groups -OCH3 is 1. The van der Waals surface area contributed by atoms with E-state index in [9.17, 15) is 14.9 Å². The van der Waals surface area contributed by atoms with E-state index in [0.29, 0.717) is 15.6 Å². The number of amides is 1. The lowest BCUT2D eigenvalue weighted by Gasteiger charge is -2.09. The number of ether oxygens (including phenoxy) is 1. The summed E-state index contributed by atoms with van der Waals surface area (Å²) in [6, 6.07) is 9.51.